The SMILES string of the molecule is NC[C@H]1CN(c2c(F)cc3c(=O)c(C(=O)O)cn(C4CC4)c3c2F)C[C@@H]1c1ccco1. The number of furan rings is 1. The molecule has 2 aliphatic rings. The van der Waals surface area contributed by atoms with E-state index < -0.39 is 28.6 Å². The summed E-state index contributed by atoms with van der Waals surface area (Å²) >= 11 is 0. The lowest BCUT2D eigenvalue weighted by molar-refractivity contribution is 0.0694. The fourth-order valence-corrected chi connectivity index (χ4v) is 4.63. The molecule has 1 saturated carbocycles. The topological polar surface area (TPSA) is 102 Å². The Bertz CT molecular complexity index is 1230. The highest BCUT2D eigenvalue weighted by Crippen LogP contribution is 2.42. The minimum absolute atomic E-state index is 0.0549. The van der Waals surface area contributed by atoms with Gasteiger partial charge in [0.1, 0.15) is 22.8 Å². The first kappa shape index (κ1) is 19.7. The number of aromatic carboxylic acids is 1. The lowest BCUT2D eigenvalue weighted by Gasteiger charge is -2.22. The van der Waals surface area contributed by atoms with Crippen molar-refractivity contribution in [3.8, 4) is 0 Å². The summed E-state index contributed by atoms with van der Waals surface area (Å²) in [5, 5.41) is 9.10. The number of nitrogens with two attached hydrogens (primary N) is 1. The fourth-order valence-electron chi connectivity index (χ4n) is 4.63. The quantitative estimate of drug-likeness (QED) is 0.646. The summed E-state index contributed by atoms with van der Waals surface area (Å²) in [6.07, 6.45) is 4.20. The van der Waals surface area contributed by atoms with E-state index in [4.69, 9.17) is 10.2 Å². The molecule has 1 aromatic carbocycles. The molecule has 0 amide bonds. The molecule has 31 heavy (non-hydrogen) atoms. The Kier molecular flexibility index (Phi) is 4.58. The molecule has 3 heterocycles. The van der Waals surface area contributed by atoms with Crippen molar-refractivity contribution in [1.29, 1.82) is 0 Å². The average Bonchev–Trinajstić information content (AvgIpc) is 3.26. The van der Waals surface area contributed by atoms with Crippen molar-refractivity contribution in [2.24, 2.45) is 11.7 Å². The minimum atomic E-state index is -1.42. The van der Waals surface area contributed by atoms with Crippen molar-refractivity contribution < 1.29 is 23.1 Å². The van der Waals surface area contributed by atoms with E-state index >= 15 is 8.78 Å². The van der Waals surface area contributed by atoms with E-state index in [0.717, 1.165) is 18.9 Å². The van der Waals surface area contributed by atoms with Crippen LogP contribution < -0.4 is 16.1 Å². The van der Waals surface area contributed by atoms with Crippen LogP contribution in [0.4, 0.5) is 14.5 Å². The van der Waals surface area contributed by atoms with Crippen molar-refractivity contribution in [3.05, 3.63) is 63.8 Å². The second kappa shape index (κ2) is 7.19. The maximum atomic E-state index is 15.8. The van der Waals surface area contributed by atoms with E-state index in [1.807, 2.05) is 6.07 Å². The van der Waals surface area contributed by atoms with Crippen LogP contribution in [-0.2, 0) is 0 Å². The van der Waals surface area contributed by atoms with Gasteiger partial charge in [-0.25, -0.2) is 13.6 Å². The number of carboxylic acid groups (broad SMARTS) is 1. The van der Waals surface area contributed by atoms with E-state index in [1.54, 1.807) is 17.2 Å². The molecule has 7 nitrogen and oxygen atoms in total. The van der Waals surface area contributed by atoms with Crippen LogP contribution in [0.3, 0.4) is 0 Å². The van der Waals surface area contributed by atoms with Crippen molar-refractivity contribution >= 4 is 22.6 Å². The molecule has 9 heteroatoms. The van der Waals surface area contributed by atoms with Gasteiger partial charge in [0.15, 0.2) is 5.82 Å². The molecular weight excluding hydrogens is 408 g/mol. The molecule has 1 aliphatic carbocycles. The molecule has 3 N–H and O–H groups in total. The number of anilines is 1. The van der Waals surface area contributed by atoms with Crippen molar-refractivity contribution in [3.63, 3.8) is 0 Å². The molecule has 0 bridgehead atoms. The smallest absolute Gasteiger partial charge is 0.341 e. The highest BCUT2D eigenvalue weighted by atomic mass is 19.1. The van der Waals surface area contributed by atoms with Gasteiger partial charge in [-0.1, -0.05) is 0 Å². The van der Waals surface area contributed by atoms with Crippen molar-refractivity contribution in [1.82, 2.24) is 4.57 Å². The number of hydrogen-bond donors (Lipinski definition) is 2. The van der Waals surface area contributed by atoms with Crippen LogP contribution in [0.1, 0.15) is 40.9 Å². The lowest BCUT2D eigenvalue weighted by Crippen LogP contribution is -2.26. The van der Waals surface area contributed by atoms with Crippen molar-refractivity contribution in [2.75, 3.05) is 24.5 Å². The van der Waals surface area contributed by atoms with Gasteiger partial charge >= 0.3 is 5.97 Å². The molecule has 2 atom stereocenters. The van der Waals surface area contributed by atoms with Crippen LogP contribution in [0.2, 0.25) is 0 Å². The second-order valence-corrected chi connectivity index (χ2v) is 8.26. The zero-order valence-corrected chi connectivity index (χ0v) is 16.6. The maximum Gasteiger partial charge on any atom is 0.341 e. The molecule has 5 rings (SSSR count). The van der Waals surface area contributed by atoms with Crippen LogP contribution in [-0.4, -0.2) is 35.3 Å². The molecule has 3 aromatic rings. The molecule has 1 aliphatic heterocycles. The average molecular weight is 429 g/mol. The first-order chi connectivity index (χ1) is 14.9. The number of pyridine rings is 1. The fraction of sp³-hybridized carbons (Fsp3) is 0.364. The zero-order chi connectivity index (χ0) is 21.9. The predicted molar refractivity (Wildman–Crippen MR) is 110 cm³/mol. The standard InChI is InChI=1S/C22H21F2N3O4/c23-16-6-13-19(27(12-3-4-12)10-15(21(13)28)22(29)30)18(24)20(16)26-8-11(7-25)14(9-26)17-2-1-5-31-17/h1-2,5-6,10-12,14H,3-4,7-9,25H2,(H,29,30)/t11-,14-/m0/s1. The normalized spacial score (nSPS) is 21.2. The Morgan fingerprint density at radius 2 is 2.06 bits per heavy atom. The second-order valence-electron chi connectivity index (χ2n) is 8.26. The van der Waals surface area contributed by atoms with E-state index in [-0.39, 0.29) is 34.5 Å². The first-order valence-electron chi connectivity index (χ1n) is 10.2. The van der Waals surface area contributed by atoms with Crippen LogP contribution in [0.25, 0.3) is 10.9 Å². The van der Waals surface area contributed by atoms with Gasteiger partial charge in [-0.05, 0) is 37.6 Å². The highest BCUT2D eigenvalue weighted by Gasteiger charge is 2.38. The third-order valence-electron chi connectivity index (χ3n) is 6.32. The van der Waals surface area contributed by atoms with Gasteiger partial charge in [-0.2, -0.15) is 0 Å². The van der Waals surface area contributed by atoms with Crippen LogP contribution >= 0.6 is 0 Å². The molecule has 0 spiro atoms. The number of hydrogen-bond acceptors (Lipinski definition) is 5. The Balaban J connectivity index is 1.67. The van der Waals surface area contributed by atoms with Crippen LogP contribution in [0.5, 0.6) is 0 Å². The largest absolute Gasteiger partial charge is 0.477 e. The van der Waals surface area contributed by atoms with E-state index in [9.17, 15) is 14.7 Å². The summed E-state index contributed by atoms with van der Waals surface area (Å²) in [6, 6.07) is 4.43. The molecule has 0 unspecified atom stereocenters. The summed E-state index contributed by atoms with van der Waals surface area (Å²) in [5.74, 6) is -2.64. The molecule has 2 fully saturated rings. The summed E-state index contributed by atoms with van der Waals surface area (Å²) in [5.41, 5.74) is 4.25. The predicted octanol–water partition coefficient (Wildman–Crippen LogP) is 3.08. The van der Waals surface area contributed by atoms with Gasteiger partial charge in [0.25, 0.3) is 0 Å². The monoisotopic (exact) mass is 429 g/mol. The number of carboxylic acids is 1. The van der Waals surface area contributed by atoms with Gasteiger partial charge in [0.05, 0.1) is 17.2 Å². The molecule has 1 saturated heterocycles. The molecule has 0 radical (unpaired) electrons. The third kappa shape index (κ3) is 3.11. The minimum Gasteiger partial charge on any atom is -0.477 e. The van der Waals surface area contributed by atoms with Gasteiger partial charge in [-0.15, -0.1) is 0 Å². The lowest BCUT2D eigenvalue weighted by atomic mass is 9.94. The Labute approximate surface area is 175 Å². The molecule has 2 aromatic heterocycles. The van der Waals surface area contributed by atoms with Gasteiger partial charge < -0.3 is 24.7 Å². The van der Waals surface area contributed by atoms with Gasteiger partial charge in [0, 0.05) is 37.2 Å². The number of halogens is 2. The van der Waals surface area contributed by atoms with Gasteiger partial charge in [0.2, 0.25) is 5.43 Å². The zero-order valence-electron chi connectivity index (χ0n) is 16.6. The number of rotatable bonds is 5. The van der Waals surface area contributed by atoms with Crippen molar-refractivity contribution in [2.45, 2.75) is 24.8 Å². The summed E-state index contributed by atoms with van der Waals surface area (Å²) < 4.78 is 37.9. The highest BCUT2D eigenvalue weighted by molar-refractivity contribution is 5.94. The van der Waals surface area contributed by atoms with Gasteiger partial charge in [-0.3, -0.25) is 4.79 Å². The number of nitrogens with zero attached hydrogens (tertiary/aromatic N) is 2. The Hall–Kier alpha value is -3.20. The van der Waals surface area contributed by atoms with Crippen LogP contribution in [0, 0.1) is 17.6 Å². The number of benzene rings is 1. The summed E-state index contributed by atoms with van der Waals surface area (Å²) in [4.78, 5) is 25.7. The number of fused-ring (bicyclic) bond motifs is 1. The summed E-state index contributed by atoms with van der Waals surface area (Å²) in [6.45, 7) is 0.977. The first-order valence-corrected chi connectivity index (χ1v) is 10.2. The van der Waals surface area contributed by atoms with E-state index in [1.165, 1.54) is 10.8 Å². The number of aromatic nitrogens is 1. The maximum absolute atomic E-state index is 15.8. The molecule has 162 valence electrons. The van der Waals surface area contributed by atoms with E-state index in [0.29, 0.717) is 25.4 Å². The molecular formula is C22H21F2N3O4. The van der Waals surface area contributed by atoms with E-state index in [2.05, 4.69) is 0 Å². The Morgan fingerprint density at radius 1 is 1.29 bits per heavy atom. The third-order valence-corrected chi connectivity index (χ3v) is 6.32. The van der Waals surface area contributed by atoms with Crippen LogP contribution in [0.15, 0.2) is 39.9 Å². The Morgan fingerprint density at radius 3 is 2.68 bits per heavy atom. The summed E-state index contributed by atoms with van der Waals surface area (Å²) in [7, 11) is 0. The number of carbonyl (C=O) groups is 1.